The second-order valence-corrected chi connectivity index (χ2v) is 4.72. The second kappa shape index (κ2) is 7.29. The first-order valence-electron chi connectivity index (χ1n) is 6.81. The zero-order chi connectivity index (χ0) is 15.1. The van der Waals surface area contributed by atoms with Crippen molar-refractivity contribution >= 4 is 11.9 Å². The van der Waals surface area contributed by atoms with Crippen LogP contribution in [0.4, 0.5) is 0 Å². The monoisotopic (exact) mass is 282 g/mol. The molecule has 21 heavy (non-hydrogen) atoms. The van der Waals surface area contributed by atoms with E-state index in [9.17, 15) is 9.90 Å². The largest absolute Gasteiger partial charge is 0.504 e. The third kappa shape index (κ3) is 4.49. The molecule has 0 saturated carbocycles. The fraction of sp³-hybridized carbons (Fsp3) is 0.167. The summed E-state index contributed by atoms with van der Waals surface area (Å²) in [6, 6.07) is 14.9. The number of ketones is 1. The summed E-state index contributed by atoms with van der Waals surface area (Å²) < 4.78 is 5.03. The Kier molecular flexibility index (Phi) is 5.16. The fourth-order valence-electron chi connectivity index (χ4n) is 1.98. The van der Waals surface area contributed by atoms with Crippen molar-refractivity contribution in [1.29, 1.82) is 0 Å². The topological polar surface area (TPSA) is 46.5 Å². The SMILES string of the molecule is COc1cc(/C=C/C(=O)CCc2ccccc2)ccc1O. The van der Waals surface area contributed by atoms with Gasteiger partial charge < -0.3 is 9.84 Å². The average Bonchev–Trinajstić information content (AvgIpc) is 2.53. The molecule has 0 aromatic heterocycles. The molecule has 0 unspecified atom stereocenters. The molecule has 1 N–H and O–H groups in total. The molecular formula is C18H18O3. The number of hydrogen-bond donors (Lipinski definition) is 1. The number of carbonyl (C=O) groups is 1. The van der Waals surface area contributed by atoms with E-state index >= 15 is 0 Å². The minimum atomic E-state index is 0.0749. The second-order valence-electron chi connectivity index (χ2n) is 4.72. The molecule has 0 bridgehead atoms. The number of rotatable bonds is 6. The van der Waals surface area contributed by atoms with E-state index in [0.29, 0.717) is 12.2 Å². The van der Waals surface area contributed by atoms with Gasteiger partial charge in [0.25, 0.3) is 0 Å². The first-order chi connectivity index (χ1) is 10.2. The number of phenolic OH excluding ortho intramolecular Hbond substituents is 1. The standard InChI is InChI=1S/C18H18O3/c1-21-18-13-15(9-12-17(18)20)8-11-16(19)10-7-14-5-3-2-4-6-14/h2-6,8-9,11-13,20H,7,10H2,1H3/b11-8+. The summed E-state index contributed by atoms with van der Waals surface area (Å²) in [5.41, 5.74) is 1.98. The molecule has 2 aromatic carbocycles. The van der Waals surface area contributed by atoms with Crippen LogP contribution in [0, 0.1) is 0 Å². The fourth-order valence-corrected chi connectivity index (χ4v) is 1.98. The number of benzene rings is 2. The minimum absolute atomic E-state index is 0.0749. The van der Waals surface area contributed by atoms with Gasteiger partial charge in [-0.1, -0.05) is 42.5 Å². The van der Waals surface area contributed by atoms with E-state index in [1.54, 1.807) is 30.4 Å². The first-order valence-corrected chi connectivity index (χ1v) is 6.81. The number of methoxy groups -OCH3 is 1. The van der Waals surface area contributed by atoms with Gasteiger partial charge in [-0.25, -0.2) is 0 Å². The highest BCUT2D eigenvalue weighted by molar-refractivity contribution is 5.93. The maximum atomic E-state index is 11.8. The van der Waals surface area contributed by atoms with Gasteiger partial charge in [0.1, 0.15) is 0 Å². The van der Waals surface area contributed by atoms with E-state index < -0.39 is 0 Å². The van der Waals surface area contributed by atoms with Crippen LogP contribution in [0.3, 0.4) is 0 Å². The smallest absolute Gasteiger partial charge is 0.161 e. The van der Waals surface area contributed by atoms with Gasteiger partial charge in [0.15, 0.2) is 17.3 Å². The van der Waals surface area contributed by atoms with Crippen molar-refractivity contribution in [3.63, 3.8) is 0 Å². The van der Waals surface area contributed by atoms with Crippen molar-refractivity contribution in [2.45, 2.75) is 12.8 Å². The highest BCUT2D eigenvalue weighted by Crippen LogP contribution is 2.26. The van der Waals surface area contributed by atoms with Gasteiger partial charge >= 0.3 is 0 Å². The van der Waals surface area contributed by atoms with E-state index in [1.165, 1.54) is 7.11 Å². The van der Waals surface area contributed by atoms with Gasteiger partial charge in [-0.15, -0.1) is 0 Å². The van der Waals surface area contributed by atoms with E-state index in [4.69, 9.17) is 4.74 Å². The van der Waals surface area contributed by atoms with Crippen molar-refractivity contribution in [3.05, 3.63) is 65.7 Å². The predicted octanol–water partition coefficient (Wildman–Crippen LogP) is 3.62. The molecule has 0 aliphatic rings. The number of allylic oxidation sites excluding steroid dienone is 1. The van der Waals surface area contributed by atoms with Crippen LogP contribution >= 0.6 is 0 Å². The molecule has 3 nitrogen and oxygen atoms in total. The number of phenols is 1. The lowest BCUT2D eigenvalue weighted by molar-refractivity contribution is -0.114. The highest BCUT2D eigenvalue weighted by Gasteiger charge is 2.02. The minimum Gasteiger partial charge on any atom is -0.504 e. The summed E-state index contributed by atoms with van der Waals surface area (Å²) in [5.74, 6) is 0.560. The molecule has 0 spiro atoms. The van der Waals surface area contributed by atoms with E-state index in [-0.39, 0.29) is 11.5 Å². The molecular weight excluding hydrogens is 264 g/mol. The molecule has 0 atom stereocenters. The number of aryl methyl sites for hydroxylation is 1. The van der Waals surface area contributed by atoms with Crippen molar-refractivity contribution in [1.82, 2.24) is 0 Å². The summed E-state index contributed by atoms with van der Waals surface area (Å²) in [5, 5.41) is 9.51. The van der Waals surface area contributed by atoms with Crippen molar-refractivity contribution in [2.75, 3.05) is 7.11 Å². The number of hydrogen-bond acceptors (Lipinski definition) is 3. The number of ether oxygens (including phenoxy) is 1. The van der Waals surface area contributed by atoms with Gasteiger partial charge in [-0.05, 0) is 35.8 Å². The Balaban J connectivity index is 1.93. The van der Waals surface area contributed by atoms with Crippen LogP contribution in [0.2, 0.25) is 0 Å². The molecule has 0 radical (unpaired) electrons. The van der Waals surface area contributed by atoms with Crippen molar-refractivity contribution in [3.8, 4) is 11.5 Å². The Morgan fingerprint density at radius 3 is 2.67 bits per heavy atom. The molecule has 2 aromatic rings. The zero-order valence-electron chi connectivity index (χ0n) is 12.0. The van der Waals surface area contributed by atoms with Crippen LogP contribution in [-0.4, -0.2) is 18.0 Å². The lowest BCUT2D eigenvalue weighted by Crippen LogP contribution is -1.95. The first kappa shape index (κ1) is 14.9. The Morgan fingerprint density at radius 1 is 1.19 bits per heavy atom. The molecule has 108 valence electrons. The summed E-state index contributed by atoms with van der Waals surface area (Å²) in [6.45, 7) is 0. The molecule has 0 aliphatic carbocycles. The Bertz CT molecular complexity index is 630. The van der Waals surface area contributed by atoms with E-state index in [1.807, 2.05) is 30.3 Å². The van der Waals surface area contributed by atoms with Crippen LogP contribution in [0.15, 0.2) is 54.6 Å². The summed E-state index contributed by atoms with van der Waals surface area (Å²) >= 11 is 0. The van der Waals surface area contributed by atoms with E-state index in [2.05, 4.69) is 0 Å². The van der Waals surface area contributed by atoms with Gasteiger partial charge in [-0.2, -0.15) is 0 Å². The average molecular weight is 282 g/mol. The molecule has 0 fully saturated rings. The molecule has 3 heteroatoms. The summed E-state index contributed by atoms with van der Waals surface area (Å²) in [7, 11) is 1.49. The molecule has 0 amide bonds. The molecule has 2 rings (SSSR count). The maximum Gasteiger partial charge on any atom is 0.161 e. The van der Waals surface area contributed by atoms with E-state index in [0.717, 1.165) is 17.5 Å². The zero-order valence-corrected chi connectivity index (χ0v) is 12.0. The number of carbonyl (C=O) groups excluding carboxylic acids is 1. The third-order valence-corrected chi connectivity index (χ3v) is 3.17. The highest BCUT2D eigenvalue weighted by atomic mass is 16.5. The van der Waals surface area contributed by atoms with Gasteiger partial charge in [-0.3, -0.25) is 4.79 Å². The predicted molar refractivity (Wildman–Crippen MR) is 83.5 cm³/mol. The van der Waals surface area contributed by atoms with Crippen molar-refractivity contribution in [2.24, 2.45) is 0 Å². The van der Waals surface area contributed by atoms with Crippen LogP contribution in [0.25, 0.3) is 6.08 Å². The lowest BCUT2D eigenvalue weighted by atomic mass is 10.1. The van der Waals surface area contributed by atoms with Crippen LogP contribution in [0.1, 0.15) is 17.5 Å². The summed E-state index contributed by atoms with van der Waals surface area (Å²) in [4.78, 5) is 11.8. The van der Waals surface area contributed by atoms with Crippen LogP contribution < -0.4 is 4.74 Å². The normalized spacial score (nSPS) is 10.7. The van der Waals surface area contributed by atoms with Crippen LogP contribution in [-0.2, 0) is 11.2 Å². The Hall–Kier alpha value is -2.55. The number of aromatic hydroxyl groups is 1. The van der Waals surface area contributed by atoms with Crippen molar-refractivity contribution < 1.29 is 14.6 Å². The maximum absolute atomic E-state index is 11.8. The third-order valence-electron chi connectivity index (χ3n) is 3.17. The quantitative estimate of drug-likeness (QED) is 0.823. The van der Waals surface area contributed by atoms with Gasteiger partial charge in [0, 0.05) is 6.42 Å². The Labute approximate surface area is 124 Å². The summed E-state index contributed by atoms with van der Waals surface area (Å²) in [6.07, 6.45) is 4.52. The Morgan fingerprint density at radius 2 is 1.95 bits per heavy atom. The molecule has 0 saturated heterocycles. The van der Waals surface area contributed by atoms with Crippen LogP contribution in [0.5, 0.6) is 11.5 Å². The molecule has 0 aliphatic heterocycles. The van der Waals surface area contributed by atoms with Gasteiger partial charge in [0.2, 0.25) is 0 Å². The molecule has 0 heterocycles. The lowest BCUT2D eigenvalue weighted by Gasteiger charge is -2.03. The van der Waals surface area contributed by atoms with Gasteiger partial charge in [0.05, 0.1) is 7.11 Å².